The highest BCUT2D eigenvalue weighted by atomic mass is 32.2. The Morgan fingerprint density at radius 1 is 1.13 bits per heavy atom. The average Bonchev–Trinajstić information content (AvgIpc) is 2.75. The van der Waals surface area contributed by atoms with Crippen molar-refractivity contribution < 1.29 is 23.5 Å². The Bertz CT molecular complexity index is 949. The summed E-state index contributed by atoms with van der Waals surface area (Å²) in [6, 6.07) is 10.8. The van der Waals surface area contributed by atoms with Gasteiger partial charge in [0, 0.05) is 30.1 Å². The molecule has 2 aromatic carbocycles. The first-order valence-electron chi connectivity index (χ1n) is 9.53. The molecule has 0 aliphatic carbocycles. The van der Waals surface area contributed by atoms with E-state index >= 15 is 0 Å². The Labute approximate surface area is 178 Å². The third-order valence-corrected chi connectivity index (χ3v) is 6.01. The van der Waals surface area contributed by atoms with Crippen LogP contribution >= 0.6 is 11.8 Å². The second-order valence-electron chi connectivity index (χ2n) is 7.07. The van der Waals surface area contributed by atoms with Gasteiger partial charge >= 0.3 is 5.97 Å². The molecule has 0 bridgehead atoms. The van der Waals surface area contributed by atoms with Crippen molar-refractivity contribution in [2.45, 2.75) is 19.1 Å². The van der Waals surface area contributed by atoms with Crippen molar-refractivity contribution in [3.63, 3.8) is 0 Å². The summed E-state index contributed by atoms with van der Waals surface area (Å²) < 4.78 is 18.2. The minimum Gasteiger partial charge on any atom is -0.455 e. The van der Waals surface area contributed by atoms with E-state index < -0.39 is 29.6 Å². The number of thioether (sulfide) groups is 1. The number of carbonyl (C=O) groups is 3. The molecule has 0 aromatic heterocycles. The predicted molar refractivity (Wildman–Crippen MR) is 114 cm³/mol. The number of esters is 1. The number of anilines is 1. The van der Waals surface area contributed by atoms with E-state index in [9.17, 15) is 18.8 Å². The number of hydrogen-bond donors (Lipinski definition) is 1. The van der Waals surface area contributed by atoms with Gasteiger partial charge in [0.25, 0.3) is 11.8 Å². The quantitative estimate of drug-likeness (QED) is 0.738. The van der Waals surface area contributed by atoms with E-state index in [1.54, 1.807) is 11.0 Å². The van der Waals surface area contributed by atoms with Crippen LogP contribution in [0.25, 0.3) is 0 Å². The molecular formula is C22H23FN2O4S. The highest BCUT2D eigenvalue weighted by Gasteiger charge is 2.31. The van der Waals surface area contributed by atoms with Crippen LogP contribution in [0, 0.1) is 19.7 Å². The first-order chi connectivity index (χ1) is 14.3. The fraction of sp³-hybridized carbons (Fsp3) is 0.318. The molecule has 1 saturated heterocycles. The molecule has 1 heterocycles. The van der Waals surface area contributed by atoms with E-state index in [2.05, 4.69) is 5.32 Å². The molecule has 1 fully saturated rings. The van der Waals surface area contributed by atoms with Crippen LogP contribution in [0.1, 0.15) is 21.5 Å². The van der Waals surface area contributed by atoms with Gasteiger partial charge in [-0.05, 0) is 61.4 Å². The van der Waals surface area contributed by atoms with Crippen LogP contribution in [0.5, 0.6) is 0 Å². The second kappa shape index (κ2) is 9.75. The molecule has 0 spiro atoms. The molecule has 1 aliphatic heterocycles. The highest BCUT2D eigenvalue weighted by molar-refractivity contribution is 8.00. The van der Waals surface area contributed by atoms with E-state index in [1.807, 2.05) is 26.0 Å². The molecule has 158 valence electrons. The van der Waals surface area contributed by atoms with Gasteiger partial charge in [-0.3, -0.25) is 14.4 Å². The number of hydrogen-bond acceptors (Lipinski definition) is 5. The van der Waals surface area contributed by atoms with Crippen LogP contribution < -0.4 is 5.32 Å². The number of halogens is 1. The summed E-state index contributed by atoms with van der Waals surface area (Å²) in [6.45, 7) is 4.20. The van der Waals surface area contributed by atoms with E-state index in [4.69, 9.17) is 4.74 Å². The first-order valence-corrected chi connectivity index (χ1v) is 10.6. The molecule has 30 heavy (non-hydrogen) atoms. The highest BCUT2D eigenvalue weighted by Crippen LogP contribution is 2.22. The SMILES string of the molecule is Cc1ccc(NC(=O)COC(=O)[C@@H]2CN(C(=O)c3ccc(F)cc3)CCS2)cc1C. The standard InChI is InChI=1S/C22H23FN2O4S/c1-14-3-8-18(11-15(14)2)24-20(26)13-29-22(28)19-12-25(9-10-30-19)21(27)16-4-6-17(23)7-5-16/h3-8,11,19H,9-10,12-13H2,1-2H3,(H,24,26)/t19-/m0/s1. The van der Waals surface area contributed by atoms with E-state index in [0.717, 1.165) is 11.1 Å². The van der Waals surface area contributed by atoms with Crippen molar-refractivity contribution >= 4 is 35.2 Å². The fourth-order valence-corrected chi connectivity index (χ4v) is 4.10. The van der Waals surface area contributed by atoms with Crippen molar-refractivity contribution in [1.29, 1.82) is 0 Å². The van der Waals surface area contributed by atoms with Crippen molar-refractivity contribution in [3.8, 4) is 0 Å². The maximum atomic E-state index is 13.1. The molecule has 1 aliphatic rings. The summed E-state index contributed by atoms with van der Waals surface area (Å²) in [7, 11) is 0. The molecule has 1 atom stereocenters. The van der Waals surface area contributed by atoms with Gasteiger partial charge in [-0.2, -0.15) is 0 Å². The molecule has 0 radical (unpaired) electrons. The van der Waals surface area contributed by atoms with Gasteiger partial charge in [-0.1, -0.05) is 6.07 Å². The first kappa shape index (κ1) is 21.8. The third kappa shape index (κ3) is 5.60. The lowest BCUT2D eigenvalue weighted by Gasteiger charge is -2.31. The lowest BCUT2D eigenvalue weighted by atomic mass is 10.1. The maximum Gasteiger partial charge on any atom is 0.321 e. The molecule has 2 amide bonds. The minimum atomic E-state index is -0.572. The predicted octanol–water partition coefficient (Wildman–Crippen LogP) is 3.18. The van der Waals surface area contributed by atoms with Gasteiger partial charge in [0.1, 0.15) is 11.1 Å². The van der Waals surface area contributed by atoms with Crippen LogP contribution in [0.4, 0.5) is 10.1 Å². The zero-order chi connectivity index (χ0) is 21.7. The number of rotatable bonds is 5. The normalized spacial score (nSPS) is 16.1. The Morgan fingerprint density at radius 3 is 2.57 bits per heavy atom. The van der Waals surface area contributed by atoms with Gasteiger partial charge < -0.3 is 15.0 Å². The van der Waals surface area contributed by atoms with Crippen LogP contribution in [-0.2, 0) is 14.3 Å². The van der Waals surface area contributed by atoms with Gasteiger partial charge in [0.15, 0.2) is 6.61 Å². The van der Waals surface area contributed by atoms with Crippen molar-refractivity contribution in [2.75, 3.05) is 30.8 Å². The third-order valence-electron chi connectivity index (χ3n) is 4.84. The fourth-order valence-electron chi connectivity index (χ4n) is 3.00. The summed E-state index contributed by atoms with van der Waals surface area (Å²) in [5.41, 5.74) is 3.17. The van der Waals surface area contributed by atoms with Crippen molar-refractivity contribution in [1.82, 2.24) is 4.90 Å². The molecule has 6 nitrogen and oxygen atoms in total. The lowest BCUT2D eigenvalue weighted by molar-refractivity contribution is -0.146. The summed E-state index contributed by atoms with van der Waals surface area (Å²) in [5, 5.41) is 2.13. The molecular weight excluding hydrogens is 407 g/mol. The molecule has 0 saturated carbocycles. The number of aryl methyl sites for hydroxylation is 2. The number of nitrogens with zero attached hydrogens (tertiary/aromatic N) is 1. The Kier molecular flexibility index (Phi) is 7.10. The van der Waals surface area contributed by atoms with Gasteiger partial charge in [-0.25, -0.2) is 4.39 Å². The summed E-state index contributed by atoms with van der Waals surface area (Å²) >= 11 is 1.39. The van der Waals surface area contributed by atoms with Crippen LogP contribution in [0.3, 0.4) is 0 Å². The van der Waals surface area contributed by atoms with Crippen LogP contribution in [0.2, 0.25) is 0 Å². The smallest absolute Gasteiger partial charge is 0.321 e. The zero-order valence-electron chi connectivity index (χ0n) is 16.8. The monoisotopic (exact) mass is 430 g/mol. The number of amides is 2. The number of carbonyl (C=O) groups excluding carboxylic acids is 3. The number of ether oxygens (including phenoxy) is 1. The number of benzene rings is 2. The molecule has 2 aromatic rings. The van der Waals surface area contributed by atoms with Crippen LogP contribution in [0.15, 0.2) is 42.5 Å². The average molecular weight is 431 g/mol. The summed E-state index contributed by atoms with van der Waals surface area (Å²) in [5.74, 6) is -1.07. The van der Waals surface area contributed by atoms with Crippen molar-refractivity contribution in [3.05, 3.63) is 65.0 Å². The maximum absolute atomic E-state index is 13.1. The largest absolute Gasteiger partial charge is 0.455 e. The van der Waals surface area contributed by atoms with Crippen molar-refractivity contribution in [2.24, 2.45) is 0 Å². The molecule has 8 heteroatoms. The Balaban J connectivity index is 1.51. The van der Waals surface area contributed by atoms with E-state index in [0.29, 0.717) is 23.5 Å². The zero-order valence-corrected chi connectivity index (χ0v) is 17.6. The number of nitrogens with one attached hydrogen (secondary N) is 1. The lowest BCUT2D eigenvalue weighted by Crippen LogP contribution is -2.45. The molecule has 1 N–H and O–H groups in total. The molecule has 3 rings (SSSR count). The topological polar surface area (TPSA) is 75.7 Å². The van der Waals surface area contributed by atoms with Gasteiger partial charge in [-0.15, -0.1) is 11.8 Å². The summed E-state index contributed by atoms with van der Waals surface area (Å²) in [4.78, 5) is 38.6. The van der Waals surface area contributed by atoms with Gasteiger partial charge in [0.2, 0.25) is 0 Å². The minimum absolute atomic E-state index is 0.179. The van der Waals surface area contributed by atoms with Gasteiger partial charge in [0.05, 0.1) is 0 Å². The Morgan fingerprint density at radius 2 is 1.87 bits per heavy atom. The second-order valence-corrected chi connectivity index (χ2v) is 8.38. The van der Waals surface area contributed by atoms with E-state index in [-0.39, 0.29) is 12.5 Å². The van der Waals surface area contributed by atoms with E-state index in [1.165, 1.54) is 36.0 Å². The summed E-state index contributed by atoms with van der Waals surface area (Å²) in [6.07, 6.45) is 0. The van der Waals surface area contributed by atoms with Crippen LogP contribution in [-0.4, -0.2) is 53.4 Å². The molecule has 0 unspecified atom stereocenters. The Hall–Kier alpha value is -2.87.